The van der Waals surface area contributed by atoms with E-state index in [-0.39, 0.29) is 50.2 Å². The van der Waals surface area contributed by atoms with Gasteiger partial charge in [-0.05, 0) is 0 Å². The Labute approximate surface area is 173 Å². The van der Waals surface area contributed by atoms with Crippen LogP contribution >= 0.6 is 11.8 Å². The van der Waals surface area contributed by atoms with E-state index in [1.165, 1.54) is 13.2 Å². The van der Waals surface area contributed by atoms with Crippen molar-refractivity contribution in [1.29, 1.82) is 0 Å². The Morgan fingerprint density at radius 2 is 1.73 bits per heavy atom. The number of hydrogen-bond acceptors (Lipinski definition) is 9. The summed E-state index contributed by atoms with van der Waals surface area (Å²) >= 11 is 0.971. The Balaban J connectivity index is 2.32. The van der Waals surface area contributed by atoms with Gasteiger partial charge >= 0.3 is 17.3 Å². The highest BCUT2D eigenvalue weighted by atomic mass is 32.2. The number of benzene rings is 2. The number of phenols is 5. The minimum atomic E-state index is -1.22. The molecule has 3 rings (SSSR count). The summed E-state index contributed by atoms with van der Waals surface area (Å²) < 4.78 is 11.2. The van der Waals surface area contributed by atoms with Crippen LogP contribution in [0.1, 0.15) is 0 Å². The molecule has 10 nitrogen and oxygen atoms in total. The van der Waals surface area contributed by atoms with E-state index < -0.39 is 29.3 Å². The van der Waals surface area contributed by atoms with Gasteiger partial charge in [-0.1, -0.05) is 0 Å². The van der Waals surface area contributed by atoms with Crippen molar-refractivity contribution in [1.82, 2.24) is 0 Å². The van der Waals surface area contributed by atoms with E-state index in [1.54, 1.807) is 0 Å². The molecule has 1 atom stereocenters. The number of carboxylic acids is 1. The molecule has 0 aliphatic rings. The van der Waals surface area contributed by atoms with Crippen molar-refractivity contribution in [3.63, 3.8) is 0 Å². The zero-order valence-electron chi connectivity index (χ0n) is 15.5. The standard InChI is InChI=1S/C19H17NO9S/c1-28-17-16(7-2-11(23)15(25)12(24)3-7)29-13-5-8(21)4-10(22)14(13)18(17)30-6-9(20)19(26)27/h2-5,9H,6,20H2,1H3,(H5-,21,22,23,24,25,26,27)/p+1/t9-/m1/s1. The van der Waals surface area contributed by atoms with Gasteiger partial charge in [-0.3, -0.25) is 4.79 Å². The molecule has 0 fully saturated rings. The molecule has 0 saturated heterocycles. The third-order valence-corrected chi connectivity index (χ3v) is 5.38. The van der Waals surface area contributed by atoms with Crippen LogP contribution in [-0.4, -0.2) is 55.5 Å². The van der Waals surface area contributed by atoms with Gasteiger partial charge in [0.25, 0.3) is 0 Å². The number of methoxy groups -OCH3 is 1. The number of hydrogen-bond donors (Lipinski definition) is 7. The van der Waals surface area contributed by atoms with Crippen molar-refractivity contribution in [2.45, 2.75) is 10.9 Å². The van der Waals surface area contributed by atoms with Crippen molar-refractivity contribution in [2.75, 3.05) is 12.9 Å². The molecule has 0 aliphatic carbocycles. The van der Waals surface area contributed by atoms with Gasteiger partial charge in [0.1, 0.15) is 22.9 Å². The number of aromatic hydroxyl groups is 5. The van der Waals surface area contributed by atoms with Gasteiger partial charge in [0, 0.05) is 24.0 Å². The summed E-state index contributed by atoms with van der Waals surface area (Å²) in [5.41, 5.74) is 5.71. The molecule has 0 saturated carbocycles. The number of rotatable bonds is 6. The Bertz CT molecular complexity index is 1130. The fourth-order valence-corrected chi connectivity index (χ4v) is 3.91. The number of carbonyl (C=O) groups is 1. The molecule has 11 heteroatoms. The summed E-state index contributed by atoms with van der Waals surface area (Å²) in [6.07, 6.45) is 0. The molecule has 30 heavy (non-hydrogen) atoms. The Kier molecular flexibility index (Phi) is 5.67. The quantitative estimate of drug-likeness (QED) is 0.171. The summed E-state index contributed by atoms with van der Waals surface area (Å²) in [4.78, 5) is 11.4. The molecular formula is C19H18NO9S+. The molecule has 0 spiro atoms. The first-order valence-corrected chi connectivity index (χ1v) is 9.38. The molecular weight excluding hydrogens is 418 g/mol. The van der Waals surface area contributed by atoms with E-state index in [1.807, 2.05) is 0 Å². The summed E-state index contributed by atoms with van der Waals surface area (Å²) in [5.74, 6) is -3.89. The number of ether oxygens (including phenoxy) is 1. The van der Waals surface area contributed by atoms with Crippen LogP contribution in [0.5, 0.6) is 34.5 Å². The third-order valence-electron chi connectivity index (χ3n) is 4.18. The highest BCUT2D eigenvalue weighted by Crippen LogP contribution is 2.49. The Morgan fingerprint density at radius 1 is 1.10 bits per heavy atom. The minimum absolute atomic E-state index is 0.0155. The molecule has 0 radical (unpaired) electrons. The SMILES string of the molecule is COc1c(-c2cc(O)c(O)c(O)c2)[o+]c2cc(O)cc(O)c2c1SC[C@@H](N)C(=O)O. The van der Waals surface area contributed by atoms with E-state index >= 15 is 0 Å². The van der Waals surface area contributed by atoms with Crippen LogP contribution in [-0.2, 0) is 4.79 Å². The van der Waals surface area contributed by atoms with Crippen molar-refractivity contribution >= 4 is 28.7 Å². The molecule has 1 aromatic heterocycles. The van der Waals surface area contributed by atoms with Crippen LogP contribution in [0, 0.1) is 0 Å². The molecule has 0 bridgehead atoms. The zero-order valence-corrected chi connectivity index (χ0v) is 16.3. The van der Waals surface area contributed by atoms with Crippen molar-refractivity contribution in [3.05, 3.63) is 24.3 Å². The van der Waals surface area contributed by atoms with Gasteiger partial charge in [-0.25, -0.2) is 4.42 Å². The van der Waals surface area contributed by atoms with Crippen LogP contribution in [0.2, 0.25) is 0 Å². The normalized spacial score (nSPS) is 12.1. The van der Waals surface area contributed by atoms with E-state index in [0.717, 1.165) is 30.0 Å². The van der Waals surface area contributed by atoms with E-state index in [2.05, 4.69) is 0 Å². The predicted molar refractivity (Wildman–Crippen MR) is 107 cm³/mol. The predicted octanol–water partition coefficient (Wildman–Crippen LogP) is 2.42. The molecule has 3 aromatic rings. The number of carboxylic acid groups (broad SMARTS) is 1. The minimum Gasteiger partial charge on any atom is -0.507 e. The maximum absolute atomic E-state index is 11.1. The van der Waals surface area contributed by atoms with Crippen LogP contribution in [0.4, 0.5) is 0 Å². The highest BCUT2D eigenvalue weighted by Gasteiger charge is 2.32. The molecule has 2 aromatic carbocycles. The molecule has 8 N–H and O–H groups in total. The van der Waals surface area contributed by atoms with E-state index in [0.29, 0.717) is 0 Å². The summed E-state index contributed by atoms with van der Waals surface area (Å²) in [7, 11) is 1.30. The lowest BCUT2D eigenvalue weighted by Crippen LogP contribution is -2.32. The number of fused-ring (bicyclic) bond motifs is 1. The second kappa shape index (κ2) is 8.05. The van der Waals surface area contributed by atoms with Crippen LogP contribution in [0.25, 0.3) is 22.3 Å². The molecule has 0 amide bonds. The van der Waals surface area contributed by atoms with Gasteiger partial charge in [-0.2, -0.15) is 0 Å². The lowest BCUT2D eigenvalue weighted by atomic mass is 10.1. The lowest BCUT2D eigenvalue weighted by Gasteiger charge is -2.12. The second-order valence-corrected chi connectivity index (χ2v) is 7.28. The number of aliphatic carboxylic acids is 1. The average molecular weight is 436 g/mol. The summed E-state index contributed by atoms with van der Waals surface area (Å²) in [6.45, 7) is 0. The summed E-state index contributed by atoms with van der Waals surface area (Å²) in [6, 6.07) is 3.32. The zero-order chi connectivity index (χ0) is 22.2. The monoisotopic (exact) mass is 436 g/mol. The smallest absolute Gasteiger partial charge is 0.403 e. The van der Waals surface area contributed by atoms with Gasteiger partial charge in [0.05, 0.1) is 23.6 Å². The van der Waals surface area contributed by atoms with Gasteiger partial charge in [0.15, 0.2) is 17.2 Å². The van der Waals surface area contributed by atoms with Crippen LogP contribution in [0.15, 0.2) is 33.6 Å². The first-order chi connectivity index (χ1) is 14.1. The highest BCUT2D eigenvalue weighted by molar-refractivity contribution is 7.99. The van der Waals surface area contributed by atoms with Crippen molar-refractivity contribution in [3.8, 4) is 45.8 Å². The maximum atomic E-state index is 11.1. The average Bonchev–Trinajstić information content (AvgIpc) is 2.68. The largest absolute Gasteiger partial charge is 0.507 e. The fourth-order valence-electron chi connectivity index (χ4n) is 2.76. The Morgan fingerprint density at radius 3 is 2.30 bits per heavy atom. The number of thioether (sulfide) groups is 1. The fraction of sp³-hybridized carbons (Fsp3) is 0.158. The number of nitrogens with two attached hydrogens (primary N) is 1. The second-order valence-electron chi connectivity index (χ2n) is 6.25. The maximum Gasteiger partial charge on any atom is 0.403 e. The van der Waals surface area contributed by atoms with Crippen LogP contribution in [0.3, 0.4) is 0 Å². The van der Waals surface area contributed by atoms with Gasteiger partial charge in [0.2, 0.25) is 5.75 Å². The van der Waals surface area contributed by atoms with E-state index in [9.17, 15) is 30.3 Å². The molecule has 0 unspecified atom stereocenters. The van der Waals surface area contributed by atoms with Crippen LogP contribution < -0.4 is 10.5 Å². The van der Waals surface area contributed by atoms with Gasteiger partial charge < -0.3 is 41.1 Å². The van der Waals surface area contributed by atoms with Gasteiger partial charge in [-0.15, -0.1) is 11.8 Å². The molecule has 158 valence electrons. The topological polar surface area (TPSA) is 185 Å². The summed E-state index contributed by atoms with van der Waals surface area (Å²) in [5, 5.41) is 58.7. The van der Waals surface area contributed by atoms with Crippen molar-refractivity contribution < 1.29 is 44.6 Å². The molecule has 0 aliphatic heterocycles. The molecule has 1 heterocycles. The third kappa shape index (κ3) is 3.80. The lowest BCUT2D eigenvalue weighted by molar-refractivity contribution is -0.137. The number of phenolic OH excluding ortho intramolecular Hbond substituents is 5. The van der Waals surface area contributed by atoms with Crippen molar-refractivity contribution in [2.24, 2.45) is 5.73 Å². The van der Waals surface area contributed by atoms with E-state index in [4.69, 9.17) is 20.0 Å². The Hall–Kier alpha value is -3.57. The first kappa shape index (κ1) is 21.1. The first-order valence-electron chi connectivity index (χ1n) is 8.40.